The molecule has 306 valence electrons. The molecule has 8 aromatic rings. The molecule has 0 aromatic heterocycles. The largest absolute Gasteiger partial charge is 0.216 e. The Kier molecular flexibility index (Phi) is 8.10. The summed E-state index contributed by atoms with van der Waals surface area (Å²) in [5.74, 6) is 0. The maximum absolute atomic E-state index is 2.61. The first kappa shape index (κ1) is 37.9. The molecule has 4 unspecified atom stereocenters. The van der Waals surface area contributed by atoms with Gasteiger partial charge < -0.3 is 0 Å². The van der Waals surface area contributed by atoms with E-state index in [2.05, 4.69) is 185 Å². The molecule has 0 spiro atoms. The highest BCUT2D eigenvalue weighted by atomic mass is 14.5. The normalized spacial score (nSPS) is 25.4. The van der Waals surface area contributed by atoms with Crippen molar-refractivity contribution in [1.29, 1.82) is 0 Å². The first-order valence-electron chi connectivity index (χ1n) is 24.2. The summed E-state index contributed by atoms with van der Waals surface area (Å²) in [5, 5.41) is 5.94. The fourth-order valence-electron chi connectivity index (χ4n) is 15.2. The lowest BCUT2D eigenvalue weighted by Crippen LogP contribution is -2.51. The standard InChI is InChI=1S/C61H56B2/c1-58-31-13-15-33-60(58,3)62(45-17-7-5-8-18-45)55-29-25-42(38-53(55)58)40-23-27-47-44(35-40)37-52-49-28-24-41(36-51(49)48-21-11-12-22-50(48)57(47)52)43-26-30-56-54(39-43)59(2)32-14-16-34-61(59,4)63(56)46-19-9-6-10-20-46/h5-12,17-30,35-36,38-39H,13-16,31-34,37H2,1-4H3. The van der Waals surface area contributed by atoms with Crippen molar-refractivity contribution in [2.45, 2.75) is 107 Å². The van der Waals surface area contributed by atoms with Gasteiger partial charge in [0.15, 0.2) is 0 Å². The van der Waals surface area contributed by atoms with Crippen molar-refractivity contribution in [3.8, 4) is 33.4 Å². The van der Waals surface area contributed by atoms with Gasteiger partial charge in [0.1, 0.15) is 0 Å². The van der Waals surface area contributed by atoms with Crippen LogP contribution in [0, 0.1) is 0 Å². The van der Waals surface area contributed by atoms with E-state index >= 15 is 0 Å². The van der Waals surface area contributed by atoms with Gasteiger partial charge in [0.2, 0.25) is 13.4 Å². The van der Waals surface area contributed by atoms with Gasteiger partial charge in [0.05, 0.1) is 0 Å². The Bertz CT molecular complexity index is 3180. The lowest BCUT2D eigenvalue weighted by Gasteiger charge is -2.48. The van der Waals surface area contributed by atoms with E-state index in [0.717, 1.165) is 6.42 Å². The summed E-state index contributed by atoms with van der Waals surface area (Å²) in [6.45, 7) is 11.3. The second-order valence-corrected chi connectivity index (χ2v) is 21.4. The smallest absolute Gasteiger partial charge is 0.0735 e. The van der Waals surface area contributed by atoms with Crippen LogP contribution in [0.15, 0.2) is 158 Å². The van der Waals surface area contributed by atoms with Gasteiger partial charge >= 0.3 is 0 Å². The van der Waals surface area contributed by atoms with Gasteiger partial charge in [-0.1, -0.05) is 240 Å². The molecule has 5 aliphatic rings. The predicted molar refractivity (Wildman–Crippen MR) is 272 cm³/mol. The fraction of sp³-hybridized carbons (Fsp3) is 0.279. The quantitative estimate of drug-likeness (QED) is 0.123. The van der Waals surface area contributed by atoms with Crippen molar-refractivity contribution in [2.24, 2.45) is 0 Å². The Labute approximate surface area is 375 Å². The number of hydrogen-bond acceptors (Lipinski definition) is 0. The second kappa shape index (κ2) is 13.5. The van der Waals surface area contributed by atoms with Crippen LogP contribution in [-0.4, -0.2) is 13.4 Å². The molecule has 0 saturated heterocycles. The highest BCUT2D eigenvalue weighted by Gasteiger charge is 2.61. The molecule has 8 aromatic carbocycles. The first-order valence-corrected chi connectivity index (χ1v) is 24.2. The second-order valence-electron chi connectivity index (χ2n) is 21.4. The van der Waals surface area contributed by atoms with E-state index < -0.39 is 0 Å². The topological polar surface area (TPSA) is 0 Å². The zero-order valence-corrected chi connectivity index (χ0v) is 37.5. The number of benzene rings is 8. The molecule has 2 heterocycles. The van der Waals surface area contributed by atoms with Crippen molar-refractivity contribution in [1.82, 2.24) is 0 Å². The van der Waals surface area contributed by atoms with Crippen LogP contribution in [-0.2, 0) is 17.3 Å². The maximum Gasteiger partial charge on any atom is 0.216 e. The molecular weight excluding hydrogens is 754 g/mol. The zero-order chi connectivity index (χ0) is 42.3. The van der Waals surface area contributed by atoms with Crippen LogP contribution in [0.25, 0.3) is 54.9 Å². The van der Waals surface area contributed by atoms with Crippen LogP contribution in [0.3, 0.4) is 0 Å². The molecule has 0 radical (unpaired) electrons. The van der Waals surface area contributed by atoms with E-state index in [1.807, 2.05) is 0 Å². The molecule has 13 rings (SSSR count). The van der Waals surface area contributed by atoms with Crippen LogP contribution < -0.4 is 21.9 Å². The lowest BCUT2D eigenvalue weighted by atomic mass is 9.26. The Morgan fingerprint density at radius 2 is 0.873 bits per heavy atom. The fourth-order valence-corrected chi connectivity index (χ4v) is 15.2. The molecular formula is C61H56B2. The molecule has 0 N–H and O–H groups in total. The van der Waals surface area contributed by atoms with Gasteiger partial charge in [-0.2, -0.15) is 0 Å². The average Bonchev–Trinajstić information content (AvgIpc) is 3.88. The summed E-state index contributed by atoms with van der Waals surface area (Å²) in [4.78, 5) is 0. The highest BCUT2D eigenvalue weighted by molar-refractivity contribution is 6.90. The SMILES string of the molecule is CC12CCCCC1(C)c1cc(-c3ccc4c(c3)Cc3c-4c4ccccc4c4cc(-c5ccc6c(c5)C5(C)CCCCC5(C)B6c5ccccc5)ccc34)ccc1B2c1ccccc1. The Hall–Kier alpha value is -5.59. The molecule has 2 fully saturated rings. The molecule has 0 bridgehead atoms. The number of hydrogen-bond donors (Lipinski definition) is 0. The van der Waals surface area contributed by atoms with Crippen LogP contribution in [0.1, 0.15) is 101 Å². The maximum atomic E-state index is 2.61. The van der Waals surface area contributed by atoms with Crippen molar-refractivity contribution in [2.75, 3.05) is 0 Å². The molecule has 0 amide bonds. The minimum Gasteiger partial charge on any atom is -0.0735 e. The molecule has 2 saturated carbocycles. The van der Waals surface area contributed by atoms with Crippen molar-refractivity contribution < 1.29 is 0 Å². The summed E-state index contributed by atoms with van der Waals surface area (Å²) in [5.41, 5.74) is 20.7. The Morgan fingerprint density at radius 3 is 1.46 bits per heavy atom. The highest BCUT2D eigenvalue weighted by Crippen LogP contribution is 2.63. The summed E-state index contributed by atoms with van der Waals surface area (Å²) in [7, 11) is 0. The molecule has 2 aliphatic heterocycles. The average molecular weight is 811 g/mol. The molecule has 3 aliphatic carbocycles. The van der Waals surface area contributed by atoms with Gasteiger partial charge in [-0.25, -0.2) is 0 Å². The van der Waals surface area contributed by atoms with Gasteiger partial charge in [-0.3, -0.25) is 0 Å². The first-order chi connectivity index (χ1) is 30.7. The van der Waals surface area contributed by atoms with E-state index in [9.17, 15) is 0 Å². The summed E-state index contributed by atoms with van der Waals surface area (Å²) in [6, 6.07) is 61.9. The number of rotatable bonds is 4. The van der Waals surface area contributed by atoms with Crippen molar-refractivity contribution in [3.05, 3.63) is 180 Å². The van der Waals surface area contributed by atoms with Crippen LogP contribution in [0.2, 0.25) is 10.6 Å². The third-order valence-electron chi connectivity index (χ3n) is 18.8. The molecule has 0 nitrogen and oxygen atoms in total. The van der Waals surface area contributed by atoms with E-state index in [-0.39, 0.29) is 21.5 Å². The number of fused-ring (bicyclic) bond motifs is 14. The van der Waals surface area contributed by atoms with E-state index in [1.165, 1.54) is 128 Å². The van der Waals surface area contributed by atoms with E-state index in [4.69, 9.17) is 0 Å². The monoisotopic (exact) mass is 810 g/mol. The van der Waals surface area contributed by atoms with Gasteiger partial charge in [-0.05, 0) is 124 Å². The van der Waals surface area contributed by atoms with E-state index in [0.29, 0.717) is 13.4 Å². The molecule has 63 heavy (non-hydrogen) atoms. The van der Waals surface area contributed by atoms with Crippen LogP contribution in [0.5, 0.6) is 0 Å². The minimum absolute atomic E-state index is 0.158. The summed E-state index contributed by atoms with van der Waals surface area (Å²) < 4.78 is 0. The van der Waals surface area contributed by atoms with Crippen molar-refractivity contribution in [3.63, 3.8) is 0 Å². The molecule has 2 heteroatoms. The summed E-state index contributed by atoms with van der Waals surface area (Å²) >= 11 is 0. The van der Waals surface area contributed by atoms with Gasteiger partial charge in [0.25, 0.3) is 0 Å². The minimum atomic E-state index is 0.158. The molecule has 4 atom stereocenters. The predicted octanol–water partition coefficient (Wildman–Crippen LogP) is 13.3. The Morgan fingerprint density at radius 1 is 0.397 bits per heavy atom. The summed E-state index contributed by atoms with van der Waals surface area (Å²) in [6.07, 6.45) is 11.4. The third kappa shape index (κ3) is 5.07. The third-order valence-corrected chi connectivity index (χ3v) is 18.8. The van der Waals surface area contributed by atoms with Gasteiger partial charge in [0, 0.05) is 0 Å². The van der Waals surface area contributed by atoms with Gasteiger partial charge in [-0.15, -0.1) is 0 Å². The zero-order valence-electron chi connectivity index (χ0n) is 37.5. The van der Waals surface area contributed by atoms with Crippen molar-refractivity contribution >= 4 is 56.8 Å². The Balaban J connectivity index is 0.895. The van der Waals surface area contributed by atoms with E-state index in [1.54, 1.807) is 22.1 Å². The lowest BCUT2D eigenvalue weighted by molar-refractivity contribution is 0.243. The van der Waals surface area contributed by atoms with Crippen LogP contribution >= 0.6 is 0 Å². The van der Waals surface area contributed by atoms with Crippen LogP contribution in [0.4, 0.5) is 0 Å².